The molecule has 1 N–H and O–H groups in total. The molecule has 0 heterocycles. The average molecular weight is 183 g/mol. The summed E-state index contributed by atoms with van der Waals surface area (Å²) in [5.74, 6) is 5.99. The van der Waals surface area contributed by atoms with Gasteiger partial charge in [0.2, 0.25) is 0 Å². The van der Waals surface area contributed by atoms with E-state index in [1.165, 1.54) is 0 Å². The largest absolute Gasteiger partial charge is 0.380 e. The van der Waals surface area contributed by atoms with Gasteiger partial charge in [-0.05, 0) is 26.8 Å². The van der Waals surface area contributed by atoms with Crippen molar-refractivity contribution in [2.24, 2.45) is 0 Å². The molecule has 0 bridgehead atoms. The maximum Gasteiger partial charge on any atom is 0.0705 e. The summed E-state index contributed by atoms with van der Waals surface area (Å²) < 4.78 is 5.28. The lowest BCUT2D eigenvalue weighted by Crippen LogP contribution is -2.39. The topological polar surface area (TPSA) is 21.3 Å². The molecular formula is C11H21NO. The number of hydrogen-bond donors (Lipinski definition) is 1. The molecule has 0 spiro atoms. The summed E-state index contributed by atoms with van der Waals surface area (Å²) in [6.45, 7) is 7.13. The monoisotopic (exact) mass is 183 g/mol. The van der Waals surface area contributed by atoms with Crippen molar-refractivity contribution in [3.05, 3.63) is 0 Å². The highest BCUT2D eigenvalue weighted by Gasteiger charge is 2.13. The van der Waals surface area contributed by atoms with E-state index in [0.717, 1.165) is 19.4 Å². The van der Waals surface area contributed by atoms with Gasteiger partial charge in [-0.2, -0.15) is 0 Å². The number of methoxy groups -OCH3 is 1. The normalized spacial score (nSPS) is 14.5. The summed E-state index contributed by atoms with van der Waals surface area (Å²) in [6, 6.07) is 0.359. The van der Waals surface area contributed by atoms with Crippen LogP contribution < -0.4 is 5.32 Å². The zero-order chi connectivity index (χ0) is 10.1. The first-order valence-electron chi connectivity index (χ1n) is 4.92. The molecule has 0 aliphatic heterocycles. The first kappa shape index (κ1) is 12.5. The Balaban J connectivity index is 3.91. The van der Waals surface area contributed by atoms with Gasteiger partial charge in [0, 0.05) is 19.6 Å². The predicted molar refractivity (Wildman–Crippen MR) is 56.6 cm³/mol. The zero-order valence-electron chi connectivity index (χ0n) is 9.18. The fraction of sp³-hybridized carbons (Fsp3) is 0.818. The molecule has 0 aromatic carbocycles. The van der Waals surface area contributed by atoms with Crippen LogP contribution in [0, 0.1) is 11.8 Å². The van der Waals surface area contributed by atoms with Gasteiger partial charge in [-0.25, -0.2) is 0 Å². The van der Waals surface area contributed by atoms with Crippen LogP contribution in [0.4, 0.5) is 0 Å². The maximum absolute atomic E-state index is 5.28. The van der Waals surface area contributed by atoms with Gasteiger partial charge in [0.25, 0.3) is 0 Å². The third kappa shape index (κ3) is 5.68. The van der Waals surface area contributed by atoms with Gasteiger partial charge in [-0.3, -0.25) is 0 Å². The molecule has 0 aliphatic carbocycles. The molecule has 0 amide bonds. The highest BCUT2D eigenvalue weighted by Crippen LogP contribution is 2.01. The molecule has 0 aliphatic rings. The van der Waals surface area contributed by atoms with E-state index in [0.29, 0.717) is 6.04 Å². The summed E-state index contributed by atoms with van der Waals surface area (Å²) in [5, 5.41) is 3.43. The van der Waals surface area contributed by atoms with Gasteiger partial charge in [-0.1, -0.05) is 6.92 Å². The van der Waals surface area contributed by atoms with E-state index in [9.17, 15) is 0 Å². The first-order chi connectivity index (χ1) is 6.26. The van der Waals surface area contributed by atoms with Crippen LogP contribution in [-0.2, 0) is 4.74 Å². The molecule has 0 saturated heterocycles. The third-order valence-electron chi connectivity index (χ3n) is 2.09. The van der Waals surface area contributed by atoms with Gasteiger partial charge in [0.1, 0.15) is 0 Å². The fourth-order valence-electron chi connectivity index (χ4n) is 1.11. The van der Waals surface area contributed by atoms with Crippen LogP contribution in [0.25, 0.3) is 0 Å². The van der Waals surface area contributed by atoms with Crippen LogP contribution in [-0.4, -0.2) is 25.8 Å². The maximum atomic E-state index is 5.28. The summed E-state index contributed by atoms with van der Waals surface area (Å²) in [6.07, 6.45) is 2.24. The standard InChI is InChI=1S/C11H21NO/c1-5-7-8-11(10(3)13-4)12-9-6-2/h10-12H,6,8-9H2,1-4H3. The molecule has 13 heavy (non-hydrogen) atoms. The zero-order valence-corrected chi connectivity index (χ0v) is 9.18. The van der Waals surface area contributed by atoms with Crippen molar-refractivity contribution in [3.63, 3.8) is 0 Å². The Morgan fingerprint density at radius 1 is 1.46 bits per heavy atom. The second-order valence-electron chi connectivity index (χ2n) is 3.13. The van der Waals surface area contributed by atoms with Crippen LogP contribution in [0.5, 0.6) is 0 Å². The number of ether oxygens (including phenoxy) is 1. The molecule has 76 valence electrons. The second-order valence-corrected chi connectivity index (χ2v) is 3.13. The molecule has 0 saturated carbocycles. The Kier molecular flexibility index (Phi) is 7.77. The first-order valence-corrected chi connectivity index (χ1v) is 4.92. The summed E-state index contributed by atoms with van der Waals surface area (Å²) in [4.78, 5) is 0. The molecule has 2 nitrogen and oxygen atoms in total. The SMILES string of the molecule is CC#CCC(NCCC)C(C)OC. The van der Waals surface area contributed by atoms with E-state index >= 15 is 0 Å². The molecule has 0 radical (unpaired) electrons. The minimum atomic E-state index is 0.229. The fourth-order valence-corrected chi connectivity index (χ4v) is 1.11. The Hall–Kier alpha value is -0.520. The minimum Gasteiger partial charge on any atom is -0.380 e. The Labute approximate surface area is 82.1 Å². The van der Waals surface area contributed by atoms with Crippen LogP contribution >= 0.6 is 0 Å². The van der Waals surface area contributed by atoms with Gasteiger partial charge >= 0.3 is 0 Å². The Morgan fingerprint density at radius 3 is 2.62 bits per heavy atom. The van der Waals surface area contributed by atoms with E-state index < -0.39 is 0 Å². The van der Waals surface area contributed by atoms with Crippen molar-refractivity contribution in [1.82, 2.24) is 5.32 Å². The lowest BCUT2D eigenvalue weighted by molar-refractivity contribution is 0.0846. The lowest BCUT2D eigenvalue weighted by atomic mass is 10.1. The second kappa shape index (κ2) is 8.10. The van der Waals surface area contributed by atoms with E-state index in [1.54, 1.807) is 7.11 Å². The van der Waals surface area contributed by atoms with Crippen molar-refractivity contribution in [2.45, 2.75) is 45.8 Å². The molecule has 0 aromatic heterocycles. The Morgan fingerprint density at radius 2 is 2.15 bits per heavy atom. The lowest BCUT2D eigenvalue weighted by Gasteiger charge is -2.21. The van der Waals surface area contributed by atoms with Crippen LogP contribution in [0.1, 0.15) is 33.6 Å². The van der Waals surface area contributed by atoms with Crippen molar-refractivity contribution >= 4 is 0 Å². The number of nitrogens with one attached hydrogen (secondary N) is 1. The summed E-state index contributed by atoms with van der Waals surface area (Å²) >= 11 is 0. The summed E-state index contributed by atoms with van der Waals surface area (Å²) in [7, 11) is 1.74. The van der Waals surface area contributed by atoms with Gasteiger partial charge in [-0.15, -0.1) is 11.8 Å². The van der Waals surface area contributed by atoms with Gasteiger partial charge < -0.3 is 10.1 Å². The van der Waals surface area contributed by atoms with Gasteiger partial charge in [0.15, 0.2) is 0 Å². The molecule has 0 aromatic rings. The van der Waals surface area contributed by atoms with Crippen LogP contribution in [0.2, 0.25) is 0 Å². The highest BCUT2D eigenvalue weighted by molar-refractivity contribution is 4.99. The summed E-state index contributed by atoms with van der Waals surface area (Å²) in [5.41, 5.74) is 0. The molecule has 2 unspecified atom stereocenters. The van der Waals surface area contributed by atoms with Crippen molar-refractivity contribution in [1.29, 1.82) is 0 Å². The molecule has 0 fully saturated rings. The highest BCUT2D eigenvalue weighted by atomic mass is 16.5. The van der Waals surface area contributed by atoms with Crippen molar-refractivity contribution < 1.29 is 4.74 Å². The number of hydrogen-bond acceptors (Lipinski definition) is 2. The van der Waals surface area contributed by atoms with Crippen molar-refractivity contribution in [3.8, 4) is 11.8 Å². The smallest absolute Gasteiger partial charge is 0.0705 e. The van der Waals surface area contributed by atoms with E-state index in [4.69, 9.17) is 4.74 Å². The van der Waals surface area contributed by atoms with Crippen molar-refractivity contribution in [2.75, 3.05) is 13.7 Å². The molecule has 2 atom stereocenters. The number of rotatable bonds is 6. The molecular weight excluding hydrogens is 162 g/mol. The molecule has 0 rings (SSSR count). The molecule has 2 heteroatoms. The third-order valence-corrected chi connectivity index (χ3v) is 2.09. The minimum absolute atomic E-state index is 0.229. The van der Waals surface area contributed by atoms with Crippen LogP contribution in [0.15, 0.2) is 0 Å². The quantitative estimate of drug-likeness (QED) is 0.634. The van der Waals surface area contributed by atoms with E-state index in [1.807, 2.05) is 6.92 Å². The average Bonchev–Trinajstić information content (AvgIpc) is 2.17. The van der Waals surface area contributed by atoms with Gasteiger partial charge in [0.05, 0.1) is 6.10 Å². The predicted octanol–water partition coefficient (Wildman–Crippen LogP) is 1.80. The Bertz CT molecular complexity index is 169. The van der Waals surface area contributed by atoms with E-state index in [2.05, 4.69) is 31.0 Å². The van der Waals surface area contributed by atoms with Crippen LogP contribution in [0.3, 0.4) is 0 Å². The van der Waals surface area contributed by atoms with E-state index in [-0.39, 0.29) is 6.10 Å².